The average molecular weight is 248 g/mol. The monoisotopic (exact) mass is 248 g/mol. The van der Waals surface area contributed by atoms with Crippen LogP contribution in [0.3, 0.4) is 0 Å². The minimum Gasteiger partial charge on any atom is -0.384 e. The van der Waals surface area contributed by atoms with Crippen LogP contribution >= 0.6 is 0 Å². The van der Waals surface area contributed by atoms with Gasteiger partial charge in [0.1, 0.15) is 0 Å². The molecule has 0 aromatic carbocycles. The highest BCUT2D eigenvalue weighted by atomic mass is 15.2. The van der Waals surface area contributed by atoms with Crippen LogP contribution in [0.25, 0.3) is 0 Å². The second-order valence-corrected chi connectivity index (χ2v) is 5.17. The molecule has 4 heteroatoms. The molecule has 100 valence electrons. The Morgan fingerprint density at radius 1 is 1.44 bits per heavy atom. The number of nitrogens with one attached hydrogen (secondary N) is 1. The van der Waals surface area contributed by atoms with Crippen LogP contribution in [0.5, 0.6) is 0 Å². The number of nitrogens with zero attached hydrogens (tertiary/aromatic N) is 3. The first-order chi connectivity index (χ1) is 8.70. The number of aromatic nitrogens is 1. The van der Waals surface area contributed by atoms with Gasteiger partial charge in [0.05, 0.1) is 23.8 Å². The molecule has 1 saturated heterocycles. The Labute approximate surface area is 110 Å². The van der Waals surface area contributed by atoms with Crippen LogP contribution in [0.4, 0.5) is 11.4 Å². The Hall–Kier alpha value is -1.29. The van der Waals surface area contributed by atoms with Gasteiger partial charge in [0, 0.05) is 25.7 Å². The summed E-state index contributed by atoms with van der Waals surface area (Å²) in [6.45, 7) is 5.28. The van der Waals surface area contributed by atoms with Crippen molar-refractivity contribution in [2.45, 2.75) is 25.8 Å². The van der Waals surface area contributed by atoms with Crippen LogP contribution in [-0.4, -0.2) is 49.7 Å². The van der Waals surface area contributed by atoms with Crippen molar-refractivity contribution in [1.29, 1.82) is 0 Å². The van der Waals surface area contributed by atoms with Crippen LogP contribution in [0.2, 0.25) is 0 Å². The molecule has 2 heterocycles. The summed E-state index contributed by atoms with van der Waals surface area (Å²) < 4.78 is 0. The summed E-state index contributed by atoms with van der Waals surface area (Å²) in [4.78, 5) is 9.10. The molecule has 18 heavy (non-hydrogen) atoms. The maximum Gasteiger partial charge on any atom is 0.0574 e. The van der Waals surface area contributed by atoms with Gasteiger partial charge in [-0.2, -0.15) is 0 Å². The minimum atomic E-state index is 0.654. The van der Waals surface area contributed by atoms with Gasteiger partial charge in [-0.15, -0.1) is 0 Å². The highest BCUT2D eigenvalue weighted by molar-refractivity contribution is 5.55. The third-order valence-electron chi connectivity index (χ3n) is 3.60. The van der Waals surface area contributed by atoms with Crippen molar-refractivity contribution in [2.24, 2.45) is 0 Å². The third-order valence-corrected chi connectivity index (χ3v) is 3.60. The van der Waals surface area contributed by atoms with Crippen LogP contribution in [0, 0.1) is 0 Å². The molecule has 1 aromatic rings. The molecule has 2 rings (SSSR count). The predicted molar refractivity (Wildman–Crippen MR) is 77.3 cm³/mol. The first kappa shape index (κ1) is 13.1. The third kappa shape index (κ3) is 3.13. The molecule has 4 nitrogen and oxygen atoms in total. The highest BCUT2D eigenvalue weighted by Crippen LogP contribution is 2.23. The summed E-state index contributed by atoms with van der Waals surface area (Å²) in [5.41, 5.74) is 2.35. The normalized spacial score (nSPS) is 20.2. The van der Waals surface area contributed by atoms with Crippen LogP contribution < -0.4 is 10.2 Å². The van der Waals surface area contributed by atoms with Crippen molar-refractivity contribution in [3.05, 3.63) is 18.5 Å². The Bertz CT molecular complexity index is 378. The lowest BCUT2D eigenvalue weighted by Gasteiger charge is -2.37. The summed E-state index contributed by atoms with van der Waals surface area (Å²) in [7, 11) is 4.34. The molecule has 0 bridgehead atoms. The van der Waals surface area contributed by atoms with Crippen LogP contribution in [0.15, 0.2) is 18.5 Å². The van der Waals surface area contributed by atoms with Gasteiger partial charge >= 0.3 is 0 Å². The van der Waals surface area contributed by atoms with E-state index in [9.17, 15) is 0 Å². The largest absolute Gasteiger partial charge is 0.384 e. The van der Waals surface area contributed by atoms with Gasteiger partial charge < -0.3 is 15.1 Å². The molecule has 1 aliphatic heterocycles. The molecule has 1 N–H and O–H groups in total. The van der Waals surface area contributed by atoms with E-state index in [4.69, 9.17) is 0 Å². The fourth-order valence-corrected chi connectivity index (χ4v) is 2.51. The van der Waals surface area contributed by atoms with Crippen LogP contribution in [0.1, 0.15) is 19.8 Å². The molecule has 0 spiro atoms. The molecule has 1 unspecified atom stereocenters. The maximum absolute atomic E-state index is 4.33. The van der Waals surface area contributed by atoms with Crippen molar-refractivity contribution in [2.75, 3.05) is 43.9 Å². The summed E-state index contributed by atoms with van der Waals surface area (Å²) in [6.07, 6.45) is 6.41. The molecule has 1 atom stereocenters. The predicted octanol–water partition coefficient (Wildman–Crippen LogP) is 2.04. The first-order valence-electron chi connectivity index (χ1n) is 6.81. The second kappa shape index (κ2) is 6.05. The Kier molecular flexibility index (Phi) is 4.42. The van der Waals surface area contributed by atoms with Crippen LogP contribution in [-0.2, 0) is 0 Å². The van der Waals surface area contributed by atoms with Gasteiger partial charge in [-0.1, -0.05) is 0 Å². The Morgan fingerprint density at radius 3 is 3.00 bits per heavy atom. The highest BCUT2D eigenvalue weighted by Gasteiger charge is 2.21. The molecule has 0 amide bonds. The van der Waals surface area contributed by atoms with Crippen molar-refractivity contribution < 1.29 is 0 Å². The molecular weight excluding hydrogens is 224 g/mol. The van der Waals surface area contributed by atoms with Gasteiger partial charge in [0.15, 0.2) is 0 Å². The van der Waals surface area contributed by atoms with Gasteiger partial charge in [-0.25, -0.2) is 0 Å². The van der Waals surface area contributed by atoms with E-state index in [0.717, 1.165) is 25.3 Å². The van der Waals surface area contributed by atoms with Gasteiger partial charge in [-0.3, -0.25) is 4.98 Å². The zero-order valence-corrected chi connectivity index (χ0v) is 11.7. The van der Waals surface area contributed by atoms with E-state index < -0.39 is 0 Å². The number of piperidine rings is 1. The lowest BCUT2D eigenvalue weighted by molar-refractivity contribution is 0.258. The zero-order valence-electron chi connectivity index (χ0n) is 11.7. The minimum absolute atomic E-state index is 0.654. The number of rotatable bonds is 4. The Morgan fingerprint density at radius 2 is 2.28 bits per heavy atom. The van der Waals surface area contributed by atoms with E-state index in [1.165, 1.54) is 18.5 Å². The van der Waals surface area contributed by atoms with E-state index in [0.29, 0.717) is 6.04 Å². The summed E-state index contributed by atoms with van der Waals surface area (Å²) >= 11 is 0. The fraction of sp³-hybridized carbons (Fsp3) is 0.643. The van der Waals surface area contributed by atoms with Gasteiger partial charge in [0.2, 0.25) is 0 Å². The molecule has 0 radical (unpaired) electrons. The number of hydrogen-bond acceptors (Lipinski definition) is 4. The SMILES string of the molecule is CCNc1cncc(N2CCCC(N(C)C)C2)c1. The first-order valence-corrected chi connectivity index (χ1v) is 6.81. The smallest absolute Gasteiger partial charge is 0.0574 e. The van der Waals surface area contributed by atoms with E-state index in [2.05, 4.69) is 47.2 Å². The number of likely N-dealkylation sites (N-methyl/N-ethyl adjacent to an activating group) is 1. The van der Waals surface area contributed by atoms with Gasteiger partial charge in [-0.05, 0) is 39.9 Å². The number of anilines is 2. The summed E-state index contributed by atoms with van der Waals surface area (Å²) in [6, 6.07) is 2.86. The molecule has 1 aliphatic rings. The lowest BCUT2D eigenvalue weighted by Crippen LogP contribution is -2.45. The zero-order chi connectivity index (χ0) is 13.0. The number of pyridine rings is 1. The second-order valence-electron chi connectivity index (χ2n) is 5.17. The molecule has 0 saturated carbocycles. The maximum atomic E-state index is 4.33. The Balaban J connectivity index is 2.08. The fourth-order valence-electron chi connectivity index (χ4n) is 2.51. The van der Waals surface area contributed by atoms with E-state index in [1.54, 1.807) is 0 Å². The van der Waals surface area contributed by atoms with E-state index >= 15 is 0 Å². The molecule has 0 aliphatic carbocycles. The topological polar surface area (TPSA) is 31.4 Å². The summed E-state index contributed by atoms with van der Waals surface area (Å²) in [5.74, 6) is 0. The van der Waals surface area contributed by atoms with Crippen molar-refractivity contribution in [3.63, 3.8) is 0 Å². The molecular formula is C14H24N4. The quantitative estimate of drug-likeness (QED) is 0.883. The average Bonchev–Trinajstić information content (AvgIpc) is 2.39. The molecule has 1 fully saturated rings. The number of hydrogen-bond donors (Lipinski definition) is 1. The van der Waals surface area contributed by atoms with E-state index in [1.807, 2.05) is 12.4 Å². The van der Waals surface area contributed by atoms with Gasteiger partial charge in [0.25, 0.3) is 0 Å². The van der Waals surface area contributed by atoms with E-state index in [-0.39, 0.29) is 0 Å². The standard InChI is InChI=1S/C14H24N4/c1-4-16-12-8-14(10-15-9-12)18-7-5-6-13(11-18)17(2)3/h8-10,13,16H,4-7,11H2,1-3H3. The lowest BCUT2D eigenvalue weighted by atomic mass is 10.0. The van der Waals surface area contributed by atoms with Crippen molar-refractivity contribution in [3.8, 4) is 0 Å². The van der Waals surface area contributed by atoms with Crippen molar-refractivity contribution >= 4 is 11.4 Å². The summed E-state index contributed by atoms with van der Waals surface area (Å²) in [5, 5.41) is 3.32. The van der Waals surface area contributed by atoms with Crippen molar-refractivity contribution in [1.82, 2.24) is 9.88 Å². The molecule has 1 aromatic heterocycles.